The summed E-state index contributed by atoms with van der Waals surface area (Å²) in [5.74, 6) is 0.998. The largest absolute Gasteiger partial charge is 0.316 e. The molecule has 0 atom stereocenters. The second kappa shape index (κ2) is 3.37. The smallest absolute Gasteiger partial charge is 0.000782 e. The Hall–Kier alpha value is -0.0400. The van der Waals surface area contributed by atoms with E-state index in [-0.39, 0.29) is 0 Å². The minimum atomic E-state index is 0.727. The second-order valence-electron chi connectivity index (χ2n) is 4.96. The molecule has 0 bridgehead atoms. The van der Waals surface area contributed by atoms with Crippen molar-refractivity contribution in [3.8, 4) is 0 Å². The van der Waals surface area contributed by atoms with Gasteiger partial charge in [-0.3, -0.25) is 0 Å². The van der Waals surface area contributed by atoms with Gasteiger partial charge >= 0.3 is 0 Å². The average molecular weight is 167 g/mol. The van der Waals surface area contributed by atoms with Crippen LogP contribution < -0.4 is 5.32 Å². The first kappa shape index (κ1) is 8.55. The van der Waals surface area contributed by atoms with Crippen LogP contribution >= 0.6 is 0 Å². The zero-order valence-electron chi connectivity index (χ0n) is 8.23. The SMILES string of the molecule is CC1CCC2(CCCNC2)CC1. The highest BCUT2D eigenvalue weighted by Crippen LogP contribution is 2.42. The molecule has 0 aromatic carbocycles. The van der Waals surface area contributed by atoms with Crippen LogP contribution in [0, 0.1) is 11.3 Å². The van der Waals surface area contributed by atoms with Crippen molar-refractivity contribution in [3.63, 3.8) is 0 Å². The molecule has 1 aliphatic carbocycles. The highest BCUT2D eigenvalue weighted by atomic mass is 14.9. The van der Waals surface area contributed by atoms with Crippen molar-refractivity contribution >= 4 is 0 Å². The molecule has 2 aliphatic rings. The van der Waals surface area contributed by atoms with Crippen LogP contribution in [0.4, 0.5) is 0 Å². The number of piperidine rings is 1. The van der Waals surface area contributed by atoms with Crippen LogP contribution in [-0.2, 0) is 0 Å². The van der Waals surface area contributed by atoms with Crippen LogP contribution in [0.2, 0.25) is 0 Å². The van der Waals surface area contributed by atoms with E-state index in [0.717, 1.165) is 11.3 Å². The van der Waals surface area contributed by atoms with Crippen LogP contribution in [0.25, 0.3) is 0 Å². The highest BCUT2D eigenvalue weighted by Gasteiger charge is 2.34. The number of nitrogens with one attached hydrogen (secondary N) is 1. The predicted octanol–water partition coefficient (Wildman–Crippen LogP) is 2.57. The van der Waals surface area contributed by atoms with Crippen molar-refractivity contribution in [1.82, 2.24) is 5.32 Å². The van der Waals surface area contributed by atoms with E-state index in [0.29, 0.717) is 0 Å². The van der Waals surface area contributed by atoms with Gasteiger partial charge in [-0.05, 0) is 43.6 Å². The molecule has 1 heterocycles. The number of hydrogen-bond donors (Lipinski definition) is 1. The Labute approximate surface area is 75.9 Å². The summed E-state index contributed by atoms with van der Waals surface area (Å²) in [5.41, 5.74) is 0.727. The lowest BCUT2D eigenvalue weighted by atomic mass is 9.67. The van der Waals surface area contributed by atoms with Gasteiger partial charge in [0, 0.05) is 6.54 Å². The van der Waals surface area contributed by atoms with Crippen molar-refractivity contribution in [2.24, 2.45) is 11.3 Å². The van der Waals surface area contributed by atoms with Gasteiger partial charge in [0.2, 0.25) is 0 Å². The van der Waals surface area contributed by atoms with Gasteiger partial charge in [-0.2, -0.15) is 0 Å². The maximum atomic E-state index is 3.56. The van der Waals surface area contributed by atoms with Gasteiger partial charge in [0.05, 0.1) is 0 Å². The Bertz CT molecular complexity index is 137. The first-order valence-corrected chi connectivity index (χ1v) is 5.52. The summed E-state index contributed by atoms with van der Waals surface area (Å²) in [5, 5.41) is 3.56. The lowest BCUT2D eigenvalue weighted by Crippen LogP contribution is -2.42. The average Bonchev–Trinajstić information content (AvgIpc) is 2.13. The number of rotatable bonds is 0. The van der Waals surface area contributed by atoms with E-state index < -0.39 is 0 Å². The lowest BCUT2D eigenvalue weighted by Gasteiger charge is -2.42. The molecule has 70 valence electrons. The van der Waals surface area contributed by atoms with Crippen LogP contribution in [0.3, 0.4) is 0 Å². The molecule has 1 saturated heterocycles. The van der Waals surface area contributed by atoms with E-state index >= 15 is 0 Å². The summed E-state index contributed by atoms with van der Waals surface area (Å²) in [6.07, 6.45) is 8.83. The summed E-state index contributed by atoms with van der Waals surface area (Å²) in [6.45, 7) is 4.97. The molecule has 12 heavy (non-hydrogen) atoms. The van der Waals surface area contributed by atoms with Crippen molar-refractivity contribution < 1.29 is 0 Å². The number of hydrogen-bond acceptors (Lipinski definition) is 1. The fraction of sp³-hybridized carbons (Fsp3) is 1.00. The quantitative estimate of drug-likeness (QED) is 0.584. The molecular weight excluding hydrogens is 146 g/mol. The maximum absolute atomic E-state index is 3.56. The zero-order chi connectivity index (χ0) is 8.44. The molecule has 1 saturated carbocycles. The van der Waals surface area contributed by atoms with Gasteiger partial charge in [-0.1, -0.05) is 19.8 Å². The molecule has 0 radical (unpaired) electrons. The summed E-state index contributed by atoms with van der Waals surface area (Å²) in [7, 11) is 0. The van der Waals surface area contributed by atoms with E-state index in [1.165, 1.54) is 51.6 Å². The van der Waals surface area contributed by atoms with E-state index in [9.17, 15) is 0 Å². The molecule has 2 fully saturated rings. The second-order valence-corrected chi connectivity index (χ2v) is 4.96. The first-order valence-electron chi connectivity index (χ1n) is 5.52. The highest BCUT2D eigenvalue weighted by molar-refractivity contribution is 4.89. The fourth-order valence-corrected chi connectivity index (χ4v) is 2.83. The molecule has 2 rings (SSSR count). The van der Waals surface area contributed by atoms with Crippen molar-refractivity contribution in [3.05, 3.63) is 0 Å². The summed E-state index contributed by atoms with van der Waals surface area (Å²) < 4.78 is 0. The molecule has 0 aromatic heterocycles. The molecule has 1 N–H and O–H groups in total. The van der Waals surface area contributed by atoms with Gasteiger partial charge in [0.25, 0.3) is 0 Å². The molecule has 1 nitrogen and oxygen atoms in total. The minimum absolute atomic E-state index is 0.727. The van der Waals surface area contributed by atoms with Crippen LogP contribution in [-0.4, -0.2) is 13.1 Å². The van der Waals surface area contributed by atoms with E-state index in [1.807, 2.05) is 0 Å². The Kier molecular flexibility index (Phi) is 2.40. The van der Waals surface area contributed by atoms with Crippen molar-refractivity contribution in [2.45, 2.75) is 45.4 Å². The minimum Gasteiger partial charge on any atom is -0.316 e. The van der Waals surface area contributed by atoms with Gasteiger partial charge in [-0.15, -0.1) is 0 Å². The zero-order valence-corrected chi connectivity index (χ0v) is 8.23. The van der Waals surface area contributed by atoms with Crippen molar-refractivity contribution in [1.29, 1.82) is 0 Å². The predicted molar refractivity (Wildman–Crippen MR) is 52.2 cm³/mol. The molecule has 0 aromatic rings. The van der Waals surface area contributed by atoms with Gasteiger partial charge in [0.1, 0.15) is 0 Å². The third kappa shape index (κ3) is 1.66. The van der Waals surface area contributed by atoms with Gasteiger partial charge in [0.15, 0.2) is 0 Å². The maximum Gasteiger partial charge on any atom is 0.000782 e. The lowest BCUT2D eigenvalue weighted by molar-refractivity contribution is 0.116. The van der Waals surface area contributed by atoms with E-state index in [4.69, 9.17) is 0 Å². The van der Waals surface area contributed by atoms with Gasteiger partial charge in [-0.25, -0.2) is 0 Å². The normalized spacial score (nSPS) is 43.2. The third-order valence-corrected chi connectivity index (χ3v) is 3.90. The first-order chi connectivity index (χ1) is 5.81. The molecule has 1 heteroatoms. The van der Waals surface area contributed by atoms with E-state index in [1.54, 1.807) is 0 Å². The molecule has 0 amide bonds. The van der Waals surface area contributed by atoms with Crippen LogP contribution in [0.5, 0.6) is 0 Å². The molecule has 1 spiro atoms. The Morgan fingerprint density at radius 2 is 1.92 bits per heavy atom. The monoisotopic (exact) mass is 167 g/mol. The molecule has 1 aliphatic heterocycles. The molecular formula is C11H21N. The Balaban J connectivity index is 1.92. The van der Waals surface area contributed by atoms with Crippen LogP contribution in [0.15, 0.2) is 0 Å². The fourth-order valence-electron chi connectivity index (χ4n) is 2.83. The topological polar surface area (TPSA) is 12.0 Å². The molecule has 0 unspecified atom stereocenters. The summed E-state index contributed by atoms with van der Waals surface area (Å²) >= 11 is 0. The summed E-state index contributed by atoms with van der Waals surface area (Å²) in [6, 6.07) is 0. The third-order valence-electron chi connectivity index (χ3n) is 3.90. The Morgan fingerprint density at radius 1 is 1.17 bits per heavy atom. The van der Waals surface area contributed by atoms with Gasteiger partial charge < -0.3 is 5.32 Å². The van der Waals surface area contributed by atoms with Crippen LogP contribution in [0.1, 0.15) is 45.4 Å². The Morgan fingerprint density at radius 3 is 2.50 bits per heavy atom. The standard InChI is InChI=1S/C11H21N/c1-10-3-6-11(7-4-10)5-2-8-12-9-11/h10,12H,2-9H2,1H3. The van der Waals surface area contributed by atoms with Crippen molar-refractivity contribution in [2.75, 3.05) is 13.1 Å². The van der Waals surface area contributed by atoms with E-state index in [2.05, 4.69) is 12.2 Å². The summed E-state index contributed by atoms with van der Waals surface area (Å²) in [4.78, 5) is 0.